The Morgan fingerprint density at radius 3 is 2.88 bits per heavy atom. The Morgan fingerprint density at radius 1 is 1.38 bits per heavy atom. The number of thiophene rings is 1. The second-order valence-corrected chi connectivity index (χ2v) is 9.85. The van der Waals surface area contributed by atoms with Gasteiger partial charge in [0.05, 0.1) is 5.92 Å². The average Bonchev–Trinajstić information content (AvgIpc) is 3.11. The van der Waals surface area contributed by atoms with Gasteiger partial charge in [-0.05, 0) is 31.7 Å². The van der Waals surface area contributed by atoms with E-state index in [-0.39, 0.29) is 28.6 Å². The van der Waals surface area contributed by atoms with Crippen LogP contribution >= 0.6 is 11.3 Å². The fourth-order valence-electron chi connectivity index (χ4n) is 3.03. The molecule has 1 atom stereocenters. The second kappa shape index (κ2) is 6.75. The smallest absolute Gasteiger partial charge is 0.252 e. The Balaban J connectivity index is 1.50. The van der Waals surface area contributed by atoms with Gasteiger partial charge >= 0.3 is 0 Å². The van der Waals surface area contributed by atoms with Crippen LogP contribution in [0.15, 0.2) is 20.2 Å². The van der Waals surface area contributed by atoms with Crippen molar-refractivity contribution < 1.29 is 17.7 Å². The molecule has 1 aliphatic heterocycles. The number of carbonyl (C=O) groups is 1. The zero-order chi connectivity index (χ0) is 18.3. The Hall–Kier alpha value is -1.78. The minimum atomic E-state index is -3.64. The number of sulfonamides is 1. The first-order valence-corrected chi connectivity index (χ1v) is 11.0. The van der Waals surface area contributed by atoms with E-state index >= 15 is 0 Å². The van der Waals surface area contributed by atoms with Crippen LogP contribution in [-0.2, 0) is 14.8 Å². The highest BCUT2D eigenvalue weighted by Gasteiger charge is 2.35. The molecule has 0 radical (unpaired) electrons. The SMILES string of the molecule is Cc1nc(-c2csc(S(=O)(=O)N3CCCC(C(=O)NC4CC4)C3)c2)no1. The van der Waals surface area contributed by atoms with E-state index in [0.717, 1.165) is 30.6 Å². The largest absolute Gasteiger partial charge is 0.353 e. The van der Waals surface area contributed by atoms with Gasteiger partial charge in [-0.2, -0.15) is 9.29 Å². The summed E-state index contributed by atoms with van der Waals surface area (Å²) in [5.74, 6) is 0.497. The van der Waals surface area contributed by atoms with E-state index in [4.69, 9.17) is 4.52 Å². The summed E-state index contributed by atoms with van der Waals surface area (Å²) >= 11 is 1.13. The molecule has 1 N–H and O–H groups in total. The molecular weight excluding hydrogens is 376 g/mol. The normalized spacial score (nSPS) is 21.7. The first kappa shape index (κ1) is 17.6. The molecule has 2 aromatic rings. The number of aromatic nitrogens is 2. The third-order valence-electron chi connectivity index (χ3n) is 4.63. The van der Waals surface area contributed by atoms with E-state index in [1.54, 1.807) is 18.4 Å². The van der Waals surface area contributed by atoms with Crippen LogP contribution < -0.4 is 5.32 Å². The van der Waals surface area contributed by atoms with Crippen LogP contribution in [0.4, 0.5) is 0 Å². The monoisotopic (exact) mass is 396 g/mol. The summed E-state index contributed by atoms with van der Waals surface area (Å²) in [4.78, 5) is 16.4. The number of hydrogen-bond acceptors (Lipinski definition) is 7. The molecule has 2 aromatic heterocycles. The number of nitrogens with zero attached hydrogens (tertiary/aromatic N) is 3. The van der Waals surface area contributed by atoms with Gasteiger partial charge in [-0.1, -0.05) is 5.16 Å². The van der Waals surface area contributed by atoms with Crippen LogP contribution in [0, 0.1) is 12.8 Å². The molecule has 2 aliphatic rings. The Labute approximate surface area is 155 Å². The first-order chi connectivity index (χ1) is 12.4. The molecule has 2 fully saturated rings. The molecule has 1 saturated heterocycles. The van der Waals surface area contributed by atoms with Gasteiger partial charge in [0, 0.05) is 37.0 Å². The minimum absolute atomic E-state index is 0.0264. The fraction of sp³-hybridized carbons (Fsp3) is 0.562. The van der Waals surface area contributed by atoms with Crippen LogP contribution in [0.2, 0.25) is 0 Å². The Kier molecular flexibility index (Phi) is 4.57. The third kappa shape index (κ3) is 3.53. The maximum absolute atomic E-state index is 13.0. The van der Waals surface area contributed by atoms with Crippen molar-refractivity contribution in [2.24, 2.45) is 5.92 Å². The Morgan fingerprint density at radius 2 is 2.19 bits per heavy atom. The lowest BCUT2D eigenvalue weighted by atomic mass is 9.99. The number of hydrogen-bond donors (Lipinski definition) is 1. The summed E-state index contributed by atoms with van der Waals surface area (Å²) in [6.07, 6.45) is 3.45. The molecule has 10 heteroatoms. The predicted molar refractivity (Wildman–Crippen MR) is 95.0 cm³/mol. The highest BCUT2D eigenvalue weighted by Crippen LogP contribution is 2.31. The number of nitrogens with one attached hydrogen (secondary N) is 1. The van der Waals surface area contributed by atoms with Crippen molar-refractivity contribution >= 4 is 27.3 Å². The lowest BCUT2D eigenvalue weighted by Crippen LogP contribution is -2.45. The maximum atomic E-state index is 13.0. The van der Waals surface area contributed by atoms with Gasteiger partial charge in [0.15, 0.2) is 0 Å². The lowest BCUT2D eigenvalue weighted by Gasteiger charge is -2.30. The third-order valence-corrected chi connectivity index (χ3v) is 7.91. The average molecular weight is 396 g/mol. The van der Waals surface area contributed by atoms with Crippen molar-refractivity contribution in [1.29, 1.82) is 0 Å². The summed E-state index contributed by atoms with van der Waals surface area (Å²) in [6, 6.07) is 1.85. The van der Waals surface area contributed by atoms with Crippen molar-refractivity contribution in [2.75, 3.05) is 13.1 Å². The summed E-state index contributed by atoms with van der Waals surface area (Å²) in [5.41, 5.74) is 0.616. The molecule has 1 aliphatic carbocycles. The Bertz CT molecular complexity index is 916. The van der Waals surface area contributed by atoms with Gasteiger partial charge in [-0.25, -0.2) is 8.42 Å². The molecule has 3 heterocycles. The zero-order valence-corrected chi connectivity index (χ0v) is 16.0. The van der Waals surface area contributed by atoms with Crippen LogP contribution in [0.25, 0.3) is 11.4 Å². The molecule has 1 amide bonds. The van der Waals surface area contributed by atoms with E-state index in [0.29, 0.717) is 30.2 Å². The summed E-state index contributed by atoms with van der Waals surface area (Å²) in [5, 5.41) is 8.51. The molecular formula is C16H20N4O4S2. The van der Waals surface area contributed by atoms with Crippen molar-refractivity contribution in [3.63, 3.8) is 0 Å². The van der Waals surface area contributed by atoms with Crippen LogP contribution in [0.5, 0.6) is 0 Å². The van der Waals surface area contributed by atoms with Crippen molar-refractivity contribution in [3.8, 4) is 11.4 Å². The standard InChI is InChI=1S/C16H20N4O4S2/c1-10-17-15(19-24-10)12-7-14(25-9-12)26(22,23)20-6-2-3-11(8-20)16(21)18-13-4-5-13/h7,9,11,13H,2-6,8H2,1H3,(H,18,21). The molecule has 0 aromatic carbocycles. The van der Waals surface area contributed by atoms with E-state index < -0.39 is 10.0 Å². The molecule has 0 spiro atoms. The number of rotatable bonds is 5. The highest BCUT2D eigenvalue weighted by molar-refractivity contribution is 7.91. The van der Waals surface area contributed by atoms with Crippen LogP contribution in [0.1, 0.15) is 31.6 Å². The van der Waals surface area contributed by atoms with E-state index in [1.165, 1.54) is 4.31 Å². The molecule has 26 heavy (non-hydrogen) atoms. The van der Waals surface area contributed by atoms with Gasteiger partial charge in [0.1, 0.15) is 4.21 Å². The highest BCUT2D eigenvalue weighted by atomic mass is 32.2. The van der Waals surface area contributed by atoms with Crippen LogP contribution in [-0.4, -0.2) is 47.9 Å². The van der Waals surface area contributed by atoms with E-state index in [1.807, 2.05) is 0 Å². The molecule has 4 rings (SSSR count). The van der Waals surface area contributed by atoms with Crippen LogP contribution in [0.3, 0.4) is 0 Å². The molecule has 140 valence electrons. The first-order valence-electron chi connectivity index (χ1n) is 8.63. The fourth-order valence-corrected chi connectivity index (χ4v) is 5.87. The molecule has 1 saturated carbocycles. The topological polar surface area (TPSA) is 105 Å². The summed E-state index contributed by atoms with van der Waals surface area (Å²) in [6.45, 7) is 2.35. The zero-order valence-electron chi connectivity index (χ0n) is 14.3. The summed E-state index contributed by atoms with van der Waals surface area (Å²) in [7, 11) is -3.64. The van der Waals surface area contributed by atoms with Gasteiger partial charge in [0.2, 0.25) is 17.6 Å². The second-order valence-electron chi connectivity index (χ2n) is 6.78. The number of piperidine rings is 1. The van der Waals surface area contributed by atoms with Crippen molar-refractivity contribution in [3.05, 3.63) is 17.3 Å². The maximum Gasteiger partial charge on any atom is 0.252 e. The van der Waals surface area contributed by atoms with Gasteiger partial charge in [-0.3, -0.25) is 4.79 Å². The lowest BCUT2D eigenvalue weighted by molar-refractivity contribution is -0.126. The molecule has 0 bridgehead atoms. The number of amides is 1. The predicted octanol–water partition coefficient (Wildman–Crippen LogP) is 1.79. The van der Waals surface area contributed by atoms with Gasteiger partial charge < -0.3 is 9.84 Å². The minimum Gasteiger partial charge on any atom is -0.353 e. The van der Waals surface area contributed by atoms with E-state index in [2.05, 4.69) is 15.5 Å². The van der Waals surface area contributed by atoms with E-state index in [9.17, 15) is 13.2 Å². The molecule has 1 unspecified atom stereocenters. The number of carbonyl (C=O) groups excluding carboxylic acids is 1. The summed E-state index contributed by atoms with van der Waals surface area (Å²) < 4.78 is 32.6. The van der Waals surface area contributed by atoms with Crippen molar-refractivity contribution in [1.82, 2.24) is 19.8 Å². The number of aryl methyl sites for hydroxylation is 1. The molecule has 8 nitrogen and oxygen atoms in total. The van der Waals surface area contributed by atoms with Gasteiger partial charge in [-0.15, -0.1) is 11.3 Å². The quantitative estimate of drug-likeness (QED) is 0.826. The van der Waals surface area contributed by atoms with Crippen molar-refractivity contribution in [2.45, 2.75) is 42.9 Å². The van der Waals surface area contributed by atoms with Gasteiger partial charge in [0.25, 0.3) is 10.0 Å².